The summed E-state index contributed by atoms with van der Waals surface area (Å²) >= 11 is 0. The summed E-state index contributed by atoms with van der Waals surface area (Å²) in [5.74, 6) is 0.111. The molecule has 21 heavy (non-hydrogen) atoms. The fraction of sp³-hybridized carbons (Fsp3) is 0.333. The second-order valence-electron chi connectivity index (χ2n) is 5.80. The molecule has 0 saturated carbocycles. The highest BCUT2D eigenvalue weighted by molar-refractivity contribution is 6.01. The number of carbonyl (C=O) groups is 1. The number of carbonyl (C=O) groups excluding carboxylic acids is 1. The van der Waals surface area contributed by atoms with Crippen LogP contribution >= 0.6 is 0 Å². The Morgan fingerprint density at radius 2 is 1.95 bits per heavy atom. The van der Waals surface area contributed by atoms with Crippen LogP contribution in [-0.2, 0) is 6.42 Å². The zero-order chi connectivity index (χ0) is 14.8. The van der Waals surface area contributed by atoms with Crippen LogP contribution in [0, 0.1) is 0 Å². The Labute approximate surface area is 125 Å². The largest absolute Gasteiger partial charge is 0.378 e. The van der Waals surface area contributed by atoms with Gasteiger partial charge >= 0.3 is 0 Å². The fourth-order valence-corrected chi connectivity index (χ4v) is 2.99. The Bertz CT molecular complexity index is 647. The Hall–Kier alpha value is -2.16. The SMILES string of the molecule is CN(C)c1ccc(C(=O)C2CCCc3cccnc32)cc1. The van der Waals surface area contributed by atoms with Gasteiger partial charge in [0.15, 0.2) is 5.78 Å². The highest BCUT2D eigenvalue weighted by Gasteiger charge is 2.28. The Morgan fingerprint density at radius 1 is 1.19 bits per heavy atom. The van der Waals surface area contributed by atoms with E-state index in [4.69, 9.17) is 0 Å². The van der Waals surface area contributed by atoms with Crippen LogP contribution in [0.25, 0.3) is 0 Å². The van der Waals surface area contributed by atoms with Crippen LogP contribution in [0.2, 0.25) is 0 Å². The second-order valence-corrected chi connectivity index (χ2v) is 5.80. The number of ketones is 1. The van der Waals surface area contributed by atoms with Crippen molar-refractivity contribution < 1.29 is 4.79 Å². The number of fused-ring (bicyclic) bond motifs is 1. The van der Waals surface area contributed by atoms with Gasteiger partial charge in [0.05, 0.1) is 11.6 Å². The van der Waals surface area contributed by atoms with Gasteiger partial charge in [-0.25, -0.2) is 0 Å². The molecule has 0 fully saturated rings. The minimum atomic E-state index is -0.0832. The van der Waals surface area contributed by atoms with Crippen LogP contribution in [0.15, 0.2) is 42.6 Å². The third-order valence-electron chi connectivity index (χ3n) is 4.18. The lowest BCUT2D eigenvalue weighted by atomic mass is 9.82. The van der Waals surface area contributed by atoms with Crippen molar-refractivity contribution in [3.05, 3.63) is 59.4 Å². The average molecular weight is 280 g/mol. The van der Waals surface area contributed by atoms with E-state index in [9.17, 15) is 4.79 Å². The molecule has 0 radical (unpaired) electrons. The lowest BCUT2D eigenvalue weighted by molar-refractivity contribution is 0.0949. The lowest BCUT2D eigenvalue weighted by Crippen LogP contribution is -2.20. The summed E-state index contributed by atoms with van der Waals surface area (Å²) in [5, 5.41) is 0. The molecule has 108 valence electrons. The number of aryl methyl sites for hydroxylation is 1. The molecule has 0 amide bonds. The monoisotopic (exact) mass is 280 g/mol. The number of Topliss-reactive ketones (excluding diaryl/α,β-unsaturated/α-hetero) is 1. The van der Waals surface area contributed by atoms with Crippen molar-refractivity contribution in [1.82, 2.24) is 4.98 Å². The van der Waals surface area contributed by atoms with E-state index in [0.717, 1.165) is 36.2 Å². The van der Waals surface area contributed by atoms with E-state index in [1.807, 2.05) is 49.3 Å². The van der Waals surface area contributed by atoms with Crippen molar-refractivity contribution in [3.8, 4) is 0 Å². The van der Waals surface area contributed by atoms with E-state index in [1.54, 1.807) is 6.20 Å². The molecule has 1 aromatic carbocycles. The topological polar surface area (TPSA) is 33.2 Å². The molecule has 3 nitrogen and oxygen atoms in total. The van der Waals surface area contributed by atoms with E-state index in [-0.39, 0.29) is 11.7 Å². The number of aromatic nitrogens is 1. The minimum Gasteiger partial charge on any atom is -0.378 e. The molecule has 3 rings (SSSR count). The van der Waals surface area contributed by atoms with Crippen molar-refractivity contribution >= 4 is 11.5 Å². The number of nitrogens with zero attached hydrogens (tertiary/aromatic N) is 2. The van der Waals surface area contributed by atoms with Crippen molar-refractivity contribution in [2.45, 2.75) is 25.2 Å². The zero-order valence-corrected chi connectivity index (χ0v) is 12.5. The van der Waals surface area contributed by atoms with E-state index in [2.05, 4.69) is 11.1 Å². The number of pyridine rings is 1. The van der Waals surface area contributed by atoms with E-state index < -0.39 is 0 Å². The summed E-state index contributed by atoms with van der Waals surface area (Å²) < 4.78 is 0. The van der Waals surface area contributed by atoms with Gasteiger partial charge in [-0.15, -0.1) is 0 Å². The normalized spacial score (nSPS) is 17.1. The van der Waals surface area contributed by atoms with Gasteiger partial charge in [-0.2, -0.15) is 0 Å². The maximum atomic E-state index is 12.8. The van der Waals surface area contributed by atoms with Crippen LogP contribution in [0.5, 0.6) is 0 Å². The Kier molecular flexibility index (Phi) is 3.74. The van der Waals surface area contributed by atoms with Gasteiger partial charge in [-0.3, -0.25) is 9.78 Å². The summed E-state index contributed by atoms with van der Waals surface area (Å²) in [6, 6.07) is 11.9. The molecule has 0 N–H and O–H groups in total. The molecule has 1 aliphatic carbocycles. The highest BCUT2D eigenvalue weighted by atomic mass is 16.1. The second kappa shape index (κ2) is 5.68. The molecule has 1 unspecified atom stereocenters. The van der Waals surface area contributed by atoms with Crippen LogP contribution in [0.3, 0.4) is 0 Å². The maximum Gasteiger partial charge on any atom is 0.171 e. The van der Waals surface area contributed by atoms with Gasteiger partial charge in [-0.05, 0) is 55.2 Å². The number of hydrogen-bond acceptors (Lipinski definition) is 3. The molecule has 3 heteroatoms. The van der Waals surface area contributed by atoms with E-state index in [0.29, 0.717) is 0 Å². The van der Waals surface area contributed by atoms with Gasteiger partial charge in [0.2, 0.25) is 0 Å². The molecule has 1 heterocycles. The molecule has 2 aromatic rings. The van der Waals surface area contributed by atoms with Crippen molar-refractivity contribution in [3.63, 3.8) is 0 Å². The first-order chi connectivity index (χ1) is 10.2. The first-order valence-corrected chi connectivity index (χ1v) is 7.42. The number of rotatable bonds is 3. The summed E-state index contributed by atoms with van der Waals surface area (Å²) in [5.41, 5.74) is 4.09. The lowest BCUT2D eigenvalue weighted by Gasteiger charge is -2.23. The van der Waals surface area contributed by atoms with Gasteiger partial charge in [0, 0.05) is 31.5 Å². The van der Waals surface area contributed by atoms with E-state index >= 15 is 0 Å². The molecular formula is C18H20N2O. The summed E-state index contributed by atoms with van der Waals surface area (Å²) in [6.45, 7) is 0. The van der Waals surface area contributed by atoms with Gasteiger partial charge < -0.3 is 4.90 Å². The van der Waals surface area contributed by atoms with Gasteiger partial charge in [0.1, 0.15) is 0 Å². The number of benzene rings is 1. The summed E-state index contributed by atoms with van der Waals surface area (Å²) in [7, 11) is 4.00. The van der Waals surface area contributed by atoms with Crippen LogP contribution < -0.4 is 4.90 Å². The molecular weight excluding hydrogens is 260 g/mol. The molecule has 0 spiro atoms. The third kappa shape index (κ3) is 2.68. The third-order valence-corrected chi connectivity index (χ3v) is 4.18. The molecule has 1 atom stereocenters. The Morgan fingerprint density at radius 3 is 2.67 bits per heavy atom. The minimum absolute atomic E-state index is 0.0832. The molecule has 0 aliphatic heterocycles. The first kappa shape index (κ1) is 13.8. The quantitative estimate of drug-likeness (QED) is 0.807. The fourth-order valence-electron chi connectivity index (χ4n) is 2.99. The van der Waals surface area contributed by atoms with Crippen molar-refractivity contribution in [2.24, 2.45) is 0 Å². The first-order valence-electron chi connectivity index (χ1n) is 7.42. The average Bonchev–Trinajstić information content (AvgIpc) is 2.53. The maximum absolute atomic E-state index is 12.8. The number of hydrogen-bond donors (Lipinski definition) is 0. The van der Waals surface area contributed by atoms with Crippen LogP contribution in [0.4, 0.5) is 5.69 Å². The molecule has 1 aliphatic rings. The smallest absolute Gasteiger partial charge is 0.171 e. The predicted molar refractivity (Wildman–Crippen MR) is 85.0 cm³/mol. The molecule has 0 saturated heterocycles. The van der Waals surface area contributed by atoms with Crippen LogP contribution in [0.1, 0.15) is 40.4 Å². The zero-order valence-electron chi connectivity index (χ0n) is 12.5. The molecule has 0 bridgehead atoms. The van der Waals surface area contributed by atoms with Gasteiger partial charge in [0.25, 0.3) is 0 Å². The van der Waals surface area contributed by atoms with Gasteiger partial charge in [-0.1, -0.05) is 6.07 Å². The highest BCUT2D eigenvalue weighted by Crippen LogP contribution is 2.32. The van der Waals surface area contributed by atoms with Crippen molar-refractivity contribution in [1.29, 1.82) is 0 Å². The Balaban J connectivity index is 1.89. The summed E-state index contributed by atoms with van der Waals surface area (Å²) in [4.78, 5) is 19.3. The predicted octanol–water partition coefficient (Wildman–Crippen LogP) is 3.45. The molecule has 1 aromatic heterocycles. The van der Waals surface area contributed by atoms with Crippen LogP contribution in [-0.4, -0.2) is 24.9 Å². The summed E-state index contributed by atoms with van der Waals surface area (Å²) in [6.07, 6.45) is 4.79. The standard InChI is InChI=1S/C18H20N2O/c1-20(2)15-10-8-14(9-11-15)18(21)16-7-3-5-13-6-4-12-19-17(13)16/h4,6,8-12,16H,3,5,7H2,1-2H3. The van der Waals surface area contributed by atoms with E-state index in [1.165, 1.54) is 5.56 Å². The van der Waals surface area contributed by atoms with Crippen molar-refractivity contribution in [2.75, 3.05) is 19.0 Å². The number of anilines is 1.